The maximum absolute atomic E-state index is 12.4. The van der Waals surface area contributed by atoms with Crippen LogP contribution in [0, 0.1) is 0 Å². The van der Waals surface area contributed by atoms with Gasteiger partial charge in [0.1, 0.15) is 0 Å². The Bertz CT molecular complexity index is 655. The number of hydrogen-bond acceptors (Lipinski definition) is 4. The van der Waals surface area contributed by atoms with E-state index in [1.807, 2.05) is 77.8 Å². The largest absolute Gasteiger partial charge is 0.434 e. The lowest BCUT2D eigenvalue weighted by Gasteiger charge is -2.28. The third-order valence-corrected chi connectivity index (χ3v) is 3.51. The number of nitrogens with zero attached hydrogens (tertiary/aromatic N) is 2. The third kappa shape index (κ3) is 3.11. The van der Waals surface area contributed by atoms with Crippen molar-refractivity contribution in [2.75, 3.05) is 13.7 Å². The minimum absolute atomic E-state index is 0.322. The fourth-order valence-electron chi connectivity index (χ4n) is 2.39. The van der Waals surface area contributed by atoms with Gasteiger partial charge in [0.15, 0.2) is 0 Å². The molecule has 0 fully saturated rings. The van der Waals surface area contributed by atoms with E-state index in [0.29, 0.717) is 12.2 Å². The smallest absolute Gasteiger partial charge is 0.340 e. The van der Waals surface area contributed by atoms with Crippen LogP contribution in [-0.4, -0.2) is 29.5 Å². The molecule has 22 heavy (non-hydrogen) atoms. The topological polar surface area (TPSA) is 32.8 Å². The Morgan fingerprint density at radius 3 is 2.23 bits per heavy atom. The molecule has 1 aliphatic heterocycles. The van der Waals surface area contributed by atoms with Crippen LogP contribution in [0.15, 0.2) is 73.1 Å². The first-order chi connectivity index (χ1) is 10.7. The lowest BCUT2D eigenvalue weighted by molar-refractivity contribution is -0.0205. The van der Waals surface area contributed by atoms with E-state index in [9.17, 15) is 4.79 Å². The van der Waals surface area contributed by atoms with Crippen molar-refractivity contribution in [1.29, 1.82) is 0 Å². The van der Waals surface area contributed by atoms with Crippen LogP contribution in [0.5, 0.6) is 0 Å². The first-order valence-corrected chi connectivity index (χ1v) is 7.19. The van der Waals surface area contributed by atoms with E-state index in [0.717, 1.165) is 5.56 Å². The molecule has 0 radical (unpaired) electrons. The summed E-state index contributed by atoms with van der Waals surface area (Å²) in [7, 11) is 1.98. The average Bonchev–Trinajstić information content (AvgIpc) is 3.00. The highest BCUT2D eigenvalue weighted by Crippen LogP contribution is 2.26. The molecule has 112 valence electrons. The van der Waals surface area contributed by atoms with Crippen molar-refractivity contribution in [2.24, 2.45) is 0 Å². The molecule has 3 rings (SSSR count). The Kier molecular flexibility index (Phi) is 4.10. The van der Waals surface area contributed by atoms with Crippen LogP contribution in [0.2, 0.25) is 0 Å². The van der Waals surface area contributed by atoms with Crippen LogP contribution in [-0.2, 0) is 4.74 Å². The van der Waals surface area contributed by atoms with Crippen LogP contribution < -0.4 is 0 Å². The summed E-state index contributed by atoms with van der Waals surface area (Å²) in [6.45, 7) is 0.682. The highest BCUT2D eigenvalue weighted by atomic mass is 16.6. The van der Waals surface area contributed by atoms with E-state index in [2.05, 4.69) is 0 Å². The van der Waals surface area contributed by atoms with E-state index in [4.69, 9.17) is 4.74 Å². The summed E-state index contributed by atoms with van der Waals surface area (Å²) in [4.78, 5) is 16.4. The van der Waals surface area contributed by atoms with Gasteiger partial charge in [-0.15, -0.1) is 0 Å². The Labute approximate surface area is 130 Å². The van der Waals surface area contributed by atoms with Gasteiger partial charge in [0.2, 0.25) is 6.23 Å². The number of esters is 1. The molecule has 1 heterocycles. The van der Waals surface area contributed by atoms with Crippen molar-refractivity contribution in [3.8, 4) is 0 Å². The lowest BCUT2D eigenvalue weighted by atomic mass is 10.2. The second-order valence-corrected chi connectivity index (χ2v) is 5.25. The van der Waals surface area contributed by atoms with E-state index in [-0.39, 0.29) is 5.97 Å². The number of hydrogen-bond donors (Lipinski definition) is 0. The van der Waals surface area contributed by atoms with Gasteiger partial charge in [-0.1, -0.05) is 48.5 Å². The van der Waals surface area contributed by atoms with Crippen molar-refractivity contribution < 1.29 is 9.53 Å². The van der Waals surface area contributed by atoms with Crippen LogP contribution in [0.25, 0.3) is 0 Å². The molecule has 2 aromatic rings. The van der Waals surface area contributed by atoms with Gasteiger partial charge in [0.05, 0.1) is 12.2 Å². The number of benzene rings is 2. The Hall–Kier alpha value is -2.75. The van der Waals surface area contributed by atoms with Crippen LogP contribution >= 0.6 is 0 Å². The molecule has 0 spiro atoms. The molecule has 0 saturated carbocycles. The molecule has 1 unspecified atom stereocenters. The van der Waals surface area contributed by atoms with Gasteiger partial charge in [-0.3, -0.25) is 0 Å². The summed E-state index contributed by atoms with van der Waals surface area (Å²) in [5.74, 6) is -0.322. The third-order valence-electron chi connectivity index (χ3n) is 3.51. The molecule has 0 saturated heterocycles. The summed E-state index contributed by atoms with van der Waals surface area (Å²) < 4.78 is 5.76. The van der Waals surface area contributed by atoms with Crippen molar-refractivity contribution in [3.05, 3.63) is 84.2 Å². The zero-order chi connectivity index (χ0) is 15.4. The summed E-state index contributed by atoms with van der Waals surface area (Å²) in [5, 5.41) is 0. The van der Waals surface area contributed by atoms with E-state index in [1.165, 1.54) is 0 Å². The highest BCUT2D eigenvalue weighted by molar-refractivity contribution is 5.89. The fraction of sp³-hybridized carbons (Fsp3) is 0.167. The fourth-order valence-corrected chi connectivity index (χ4v) is 2.39. The summed E-state index contributed by atoms with van der Waals surface area (Å²) >= 11 is 0. The normalized spacial score (nSPS) is 15.0. The first-order valence-electron chi connectivity index (χ1n) is 7.19. The summed E-state index contributed by atoms with van der Waals surface area (Å²) in [6.07, 6.45) is 3.47. The molecule has 0 bridgehead atoms. The van der Waals surface area contributed by atoms with E-state index < -0.39 is 6.23 Å². The maximum atomic E-state index is 12.4. The van der Waals surface area contributed by atoms with Gasteiger partial charge < -0.3 is 14.5 Å². The van der Waals surface area contributed by atoms with Crippen LogP contribution in [0.3, 0.4) is 0 Å². The van der Waals surface area contributed by atoms with Crippen molar-refractivity contribution in [2.45, 2.75) is 6.23 Å². The zero-order valence-electron chi connectivity index (χ0n) is 12.4. The molecule has 2 aromatic carbocycles. The molecule has 4 nitrogen and oxygen atoms in total. The van der Waals surface area contributed by atoms with Crippen molar-refractivity contribution in [1.82, 2.24) is 9.80 Å². The standard InChI is InChI=1S/C18H18N2O2/c1-19-12-13-20(14-19)17(15-8-4-2-5-9-15)22-18(21)16-10-6-3-7-11-16/h2-13,17H,14H2,1H3. The van der Waals surface area contributed by atoms with Crippen molar-refractivity contribution >= 4 is 5.97 Å². The molecule has 0 N–H and O–H groups in total. The number of carbonyl (C=O) groups is 1. The predicted octanol–water partition coefficient (Wildman–Crippen LogP) is 3.22. The molecule has 1 atom stereocenters. The second-order valence-electron chi connectivity index (χ2n) is 5.25. The van der Waals surface area contributed by atoms with Gasteiger partial charge in [-0.05, 0) is 12.1 Å². The quantitative estimate of drug-likeness (QED) is 0.811. The minimum atomic E-state index is -0.435. The molecule has 0 amide bonds. The van der Waals surface area contributed by atoms with Gasteiger partial charge in [0, 0.05) is 25.0 Å². The predicted molar refractivity (Wildman–Crippen MR) is 84.6 cm³/mol. The SMILES string of the molecule is CN1C=CN(C(OC(=O)c2ccccc2)c2ccccc2)C1. The van der Waals surface area contributed by atoms with Gasteiger partial charge in [-0.25, -0.2) is 4.79 Å². The summed E-state index contributed by atoms with van der Waals surface area (Å²) in [6, 6.07) is 18.8. The van der Waals surface area contributed by atoms with Crippen molar-refractivity contribution in [3.63, 3.8) is 0 Å². The van der Waals surface area contributed by atoms with E-state index in [1.54, 1.807) is 12.1 Å². The lowest BCUT2D eigenvalue weighted by Crippen LogP contribution is -2.30. The monoisotopic (exact) mass is 294 g/mol. The molecule has 1 aliphatic rings. The van der Waals surface area contributed by atoms with Gasteiger partial charge in [-0.2, -0.15) is 0 Å². The van der Waals surface area contributed by atoms with Crippen LogP contribution in [0.4, 0.5) is 0 Å². The average molecular weight is 294 g/mol. The highest BCUT2D eigenvalue weighted by Gasteiger charge is 2.25. The molecule has 4 heteroatoms. The second kappa shape index (κ2) is 6.35. The van der Waals surface area contributed by atoms with Gasteiger partial charge >= 0.3 is 5.97 Å². The Morgan fingerprint density at radius 2 is 1.64 bits per heavy atom. The molecule has 0 aromatic heterocycles. The number of rotatable bonds is 4. The molecular formula is C18H18N2O2. The first kappa shape index (κ1) is 14.2. The Balaban J connectivity index is 1.83. The summed E-state index contributed by atoms with van der Waals surface area (Å²) in [5.41, 5.74) is 1.51. The molecule has 0 aliphatic carbocycles. The number of ether oxygens (including phenoxy) is 1. The van der Waals surface area contributed by atoms with Gasteiger partial charge in [0.25, 0.3) is 0 Å². The maximum Gasteiger partial charge on any atom is 0.340 e. The Morgan fingerprint density at radius 1 is 1.00 bits per heavy atom. The number of carbonyl (C=O) groups excluding carboxylic acids is 1. The van der Waals surface area contributed by atoms with E-state index >= 15 is 0 Å². The zero-order valence-corrected chi connectivity index (χ0v) is 12.4. The minimum Gasteiger partial charge on any atom is -0.434 e. The molecular weight excluding hydrogens is 276 g/mol. The van der Waals surface area contributed by atoms with Crippen LogP contribution in [0.1, 0.15) is 22.1 Å².